The van der Waals surface area contributed by atoms with Crippen molar-refractivity contribution in [3.8, 4) is 11.3 Å². The van der Waals surface area contributed by atoms with E-state index >= 15 is 0 Å². The molecule has 0 aliphatic rings. The van der Waals surface area contributed by atoms with E-state index in [1.54, 1.807) is 6.20 Å². The first-order chi connectivity index (χ1) is 9.17. The van der Waals surface area contributed by atoms with Gasteiger partial charge in [0.2, 0.25) is 0 Å². The Labute approximate surface area is 114 Å². The van der Waals surface area contributed by atoms with E-state index in [0.717, 1.165) is 16.2 Å². The number of carbonyl (C=O) groups is 1. The molecule has 0 unspecified atom stereocenters. The molecule has 2 heterocycles. The van der Waals surface area contributed by atoms with Gasteiger partial charge >= 0.3 is 5.97 Å². The summed E-state index contributed by atoms with van der Waals surface area (Å²) in [6.45, 7) is 2.05. The first kappa shape index (κ1) is 11.9. The summed E-state index contributed by atoms with van der Waals surface area (Å²) in [5.74, 6) is -0.326. The minimum absolute atomic E-state index is 0.326. The molecule has 0 saturated heterocycles. The molecular weight excluding hydrogens is 260 g/mol. The van der Waals surface area contributed by atoms with Crippen LogP contribution in [-0.4, -0.2) is 22.5 Å². The van der Waals surface area contributed by atoms with E-state index in [9.17, 15) is 4.79 Å². The van der Waals surface area contributed by atoms with Crippen molar-refractivity contribution in [2.24, 2.45) is 0 Å². The Kier molecular flexibility index (Phi) is 2.83. The number of thiazole rings is 1. The number of nitrogens with zero attached hydrogens (tertiary/aromatic N) is 2. The van der Waals surface area contributed by atoms with Crippen molar-refractivity contribution in [3.05, 3.63) is 47.1 Å². The smallest absolute Gasteiger partial charge is 0.349 e. The summed E-state index contributed by atoms with van der Waals surface area (Å²) in [5.41, 5.74) is 3.19. The van der Waals surface area contributed by atoms with Crippen molar-refractivity contribution < 1.29 is 9.53 Å². The zero-order valence-corrected chi connectivity index (χ0v) is 11.4. The SMILES string of the molecule is COC(=O)c1cn2cc(-c3cccc(C)c3)nc2s1. The second kappa shape index (κ2) is 4.51. The average molecular weight is 272 g/mol. The maximum absolute atomic E-state index is 11.4. The van der Waals surface area contributed by atoms with Gasteiger partial charge in [-0.25, -0.2) is 9.78 Å². The van der Waals surface area contributed by atoms with E-state index in [1.165, 1.54) is 24.0 Å². The molecule has 19 heavy (non-hydrogen) atoms. The number of benzene rings is 1. The molecule has 0 fully saturated rings. The average Bonchev–Trinajstić information content (AvgIpc) is 2.95. The van der Waals surface area contributed by atoms with Crippen molar-refractivity contribution in [2.75, 3.05) is 7.11 Å². The molecule has 0 amide bonds. The number of esters is 1. The highest BCUT2D eigenvalue weighted by atomic mass is 32.1. The molecule has 0 bridgehead atoms. The Morgan fingerprint density at radius 2 is 2.21 bits per heavy atom. The maximum atomic E-state index is 11.4. The normalized spacial score (nSPS) is 10.8. The molecule has 0 radical (unpaired) electrons. The van der Waals surface area contributed by atoms with Gasteiger partial charge in [0, 0.05) is 18.0 Å². The third-order valence-corrected chi connectivity index (χ3v) is 3.83. The van der Waals surface area contributed by atoms with E-state index in [0.29, 0.717) is 4.88 Å². The summed E-state index contributed by atoms with van der Waals surface area (Å²) in [5, 5.41) is 0. The number of rotatable bonds is 2. The van der Waals surface area contributed by atoms with Crippen LogP contribution in [0.15, 0.2) is 36.7 Å². The summed E-state index contributed by atoms with van der Waals surface area (Å²) < 4.78 is 6.55. The van der Waals surface area contributed by atoms with Crippen molar-refractivity contribution in [1.82, 2.24) is 9.38 Å². The molecule has 0 saturated carbocycles. The van der Waals surface area contributed by atoms with Crippen LogP contribution in [0.3, 0.4) is 0 Å². The van der Waals surface area contributed by atoms with Crippen molar-refractivity contribution in [3.63, 3.8) is 0 Å². The van der Waals surface area contributed by atoms with E-state index in [1.807, 2.05) is 22.7 Å². The van der Waals surface area contributed by atoms with E-state index < -0.39 is 0 Å². The van der Waals surface area contributed by atoms with Crippen LogP contribution in [0.4, 0.5) is 0 Å². The fourth-order valence-corrected chi connectivity index (χ4v) is 2.82. The molecule has 0 spiro atoms. The standard InChI is InChI=1S/C14H12N2O2S/c1-9-4-3-5-10(6-9)11-7-16-8-12(13(17)18-2)19-14(16)15-11/h3-8H,1-2H3. The largest absolute Gasteiger partial charge is 0.465 e. The lowest BCUT2D eigenvalue weighted by Crippen LogP contribution is -1.97. The molecule has 0 atom stereocenters. The Bertz CT molecular complexity index is 726. The number of aromatic nitrogens is 2. The quantitative estimate of drug-likeness (QED) is 0.673. The van der Waals surface area contributed by atoms with Crippen LogP contribution in [0.5, 0.6) is 0 Å². The minimum atomic E-state index is -0.326. The van der Waals surface area contributed by atoms with Crippen molar-refractivity contribution in [2.45, 2.75) is 6.92 Å². The lowest BCUT2D eigenvalue weighted by Gasteiger charge is -1.97. The highest BCUT2D eigenvalue weighted by Gasteiger charge is 2.13. The number of hydrogen-bond acceptors (Lipinski definition) is 4. The number of methoxy groups -OCH3 is 1. The molecule has 96 valence electrons. The van der Waals surface area contributed by atoms with Gasteiger partial charge in [0.05, 0.1) is 12.8 Å². The van der Waals surface area contributed by atoms with E-state index in [4.69, 9.17) is 4.74 Å². The summed E-state index contributed by atoms with van der Waals surface area (Å²) in [4.78, 5) is 17.3. The number of carbonyl (C=O) groups excluding carboxylic acids is 1. The van der Waals surface area contributed by atoms with Crippen LogP contribution in [0.2, 0.25) is 0 Å². The summed E-state index contributed by atoms with van der Waals surface area (Å²) in [6.07, 6.45) is 3.67. The molecule has 5 heteroatoms. The molecule has 0 aliphatic heterocycles. The van der Waals surface area contributed by atoms with Gasteiger partial charge in [-0.05, 0) is 13.0 Å². The van der Waals surface area contributed by atoms with Crippen LogP contribution in [0.25, 0.3) is 16.2 Å². The second-order valence-electron chi connectivity index (χ2n) is 4.27. The van der Waals surface area contributed by atoms with Gasteiger partial charge in [-0.2, -0.15) is 0 Å². The molecule has 3 rings (SSSR count). The van der Waals surface area contributed by atoms with E-state index in [-0.39, 0.29) is 5.97 Å². The van der Waals surface area contributed by atoms with Gasteiger partial charge in [0.1, 0.15) is 4.88 Å². The Morgan fingerprint density at radius 1 is 1.37 bits per heavy atom. The van der Waals surface area contributed by atoms with Crippen LogP contribution in [0, 0.1) is 6.92 Å². The molecule has 4 nitrogen and oxygen atoms in total. The lowest BCUT2D eigenvalue weighted by molar-refractivity contribution is 0.0606. The lowest BCUT2D eigenvalue weighted by atomic mass is 10.1. The third-order valence-electron chi connectivity index (χ3n) is 2.86. The summed E-state index contributed by atoms with van der Waals surface area (Å²) >= 11 is 1.33. The van der Waals surface area contributed by atoms with E-state index in [2.05, 4.69) is 24.0 Å². The fourth-order valence-electron chi connectivity index (χ4n) is 1.93. The number of aryl methyl sites for hydroxylation is 1. The molecule has 1 aromatic carbocycles. The zero-order valence-electron chi connectivity index (χ0n) is 10.6. The fraction of sp³-hybridized carbons (Fsp3) is 0.143. The minimum Gasteiger partial charge on any atom is -0.465 e. The predicted octanol–water partition coefficient (Wildman–Crippen LogP) is 3.16. The van der Waals surface area contributed by atoms with Gasteiger partial charge in [0.15, 0.2) is 4.96 Å². The number of hydrogen-bond donors (Lipinski definition) is 0. The predicted molar refractivity (Wildman–Crippen MR) is 74.6 cm³/mol. The molecule has 2 aromatic heterocycles. The number of ether oxygens (including phenoxy) is 1. The highest BCUT2D eigenvalue weighted by Crippen LogP contribution is 2.24. The topological polar surface area (TPSA) is 43.6 Å². The Balaban J connectivity index is 2.04. The third kappa shape index (κ3) is 2.13. The Morgan fingerprint density at radius 3 is 2.89 bits per heavy atom. The van der Waals surface area contributed by atoms with Crippen molar-refractivity contribution >= 4 is 22.3 Å². The number of imidazole rings is 1. The first-order valence-electron chi connectivity index (χ1n) is 5.81. The van der Waals surface area contributed by atoms with Gasteiger partial charge < -0.3 is 4.74 Å². The van der Waals surface area contributed by atoms with Crippen LogP contribution < -0.4 is 0 Å². The van der Waals surface area contributed by atoms with Crippen LogP contribution >= 0.6 is 11.3 Å². The second-order valence-corrected chi connectivity index (χ2v) is 5.28. The zero-order chi connectivity index (χ0) is 13.4. The van der Waals surface area contributed by atoms with Gasteiger partial charge in [-0.1, -0.05) is 35.1 Å². The molecular formula is C14H12N2O2S. The van der Waals surface area contributed by atoms with Crippen LogP contribution in [0.1, 0.15) is 15.2 Å². The van der Waals surface area contributed by atoms with Gasteiger partial charge in [-0.3, -0.25) is 4.40 Å². The molecule has 0 aliphatic carbocycles. The Hall–Kier alpha value is -2.14. The molecule has 0 N–H and O–H groups in total. The molecule has 3 aromatic rings. The van der Waals surface area contributed by atoms with Gasteiger partial charge in [0.25, 0.3) is 0 Å². The van der Waals surface area contributed by atoms with Crippen LogP contribution in [-0.2, 0) is 4.74 Å². The monoisotopic (exact) mass is 272 g/mol. The summed E-state index contributed by atoms with van der Waals surface area (Å²) in [7, 11) is 1.38. The van der Waals surface area contributed by atoms with Gasteiger partial charge in [-0.15, -0.1) is 0 Å². The highest BCUT2D eigenvalue weighted by molar-refractivity contribution is 7.18. The maximum Gasteiger partial charge on any atom is 0.349 e. The van der Waals surface area contributed by atoms with Crippen molar-refractivity contribution in [1.29, 1.82) is 0 Å². The first-order valence-corrected chi connectivity index (χ1v) is 6.63. The summed E-state index contributed by atoms with van der Waals surface area (Å²) in [6, 6.07) is 8.18. The number of fused-ring (bicyclic) bond motifs is 1.